The first kappa shape index (κ1) is 17.5. The Bertz CT molecular complexity index is 508. The van der Waals surface area contributed by atoms with Gasteiger partial charge in [0.1, 0.15) is 5.75 Å². The van der Waals surface area contributed by atoms with E-state index >= 15 is 0 Å². The van der Waals surface area contributed by atoms with Gasteiger partial charge in [-0.3, -0.25) is 9.59 Å². The summed E-state index contributed by atoms with van der Waals surface area (Å²) in [5, 5.41) is 6.31. The van der Waals surface area contributed by atoms with Crippen molar-refractivity contribution in [3.63, 3.8) is 0 Å². The van der Waals surface area contributed by atoms with Crippen molar-refractivity contribution in [1.29, 1.82) is 0 Å². The molecule has 2 N–H and O–H groups in total. The van der Waals surface area contributed by atoms with Crippen molar-refractivity contribution in [2.45, 2.75) is 32.1 Å². The summed E-state index contributed by atoms with van der Waals surface area (Å²) >= 11 is 0. The molecule has 0 aromatic heterocycles. The molecule has 0 saturated carbocycles. The van der Waals surface area contributed by atoms with Crippen LogP contribution in [0.1, 0.15) is 42.5 Å². The van der Waals surface area contributed by atoms with Gasteiger partial charge in [-0.1, -0.05) is 0 Å². The van der Waals surface area contributed by atoms with Crippen LogP contribution in [0.5, 0.6) is 5.75 Å². The Hall–Kier alpha value is -1.88. The average molecular weight is 318 g/mol. The number of hydrogen-bond donors (Lipinski definition) is 2. The molecule has 1 amide bonds. The summed E-state index contributed by atoms with van der Waals surface area (Å²) in [7, 11) is 1.60. The van der Waals surface area contributed by atoms with Crippen molar-refractivity contribution in [2.75, 3.05) is 26.7 Å². The predicted octanol–water partition coefficient (Wildman–Crippen LogP) is 2.16. The van der Waals surface area contributed by atoms with Crippen LogP contribution in [0.15, 0.2) is 24.3 Å². The topological polar surface area (TPSA) is 67.4 Å². The lowest BCUT2D eigenvalue weighted by Gasteiger charge is -2.22. The van der Waals surface area contributed by atoms with E-state index in [1.54, 1.807) is 31.4 Å². The van der Waals surface area contributed by atoms with E-state index in [0.717, 1.165) is 25.4 Å². The van der Waals surface area contributed by atoms with Crippen LogP contribution in [0.4, 0.5) is 0 Å². The molecule has 1 aliphatic heterocycles. The van der Waals surface area contributed by atoms with Gasteiger partial charge in [0, 0.05) is 24.9 Å². The standard InChI is InChI=1S/C18H26N2O3/c1-23-16-9-7-15(8-10-16)17(21)5-2-6-18(22)20-13-14-4-3-11-19-12-14/h7-10,14,19H,2-6,11-13H2,1H3,(H,20,22). The average Bonchev–Trinajstić information content (AvgIpc) is 2.61. The molecular weight excluding hydrogens is 292 g/mol. The molecule has 1 saturated heterocycles. The van der Waals surface area contributed by atoms with Crippen LogP contribution in [0.2, 0.25) is 0 Å². The molecular formula is C18H26N2O3. The Morgan fingerprint density at radius 2 is 2.04 bits per heavy atom. The van der Waals surface area contributed by atoms with Gasteiger partial charge in [-0.05, 0) is 62.5 Å². The van der Waals surface area contributed by atoms with Crippen LogP contribution in [0.3, 0.4) is 0 Å². The lowest BCUT2D eigenvalue weighted by Crippen LogP contribution is -2.38. The van der Waals surface area contributed by atoms with E-state index < -0.39 is 0 Å². The van der Waals surface area contributed by atoms with Gasteiger partial charge in [0.25, 0.3) is 0 Å². The Morgan fingerprint density at radius 1 is 1.26 bits per heavy atom. The molecule has 0 aliphatic carbocycles. The maximum atomic E-state index is 12.1. The molecule has 1 aromatic rings. The van der Waals surface area contributed by atoms with E-state index in [2.05, 4.69) is 10.6 Å². The number of nitrogens with one attached hydrogen (secondary N) is 2. The first-order chi connectivity index (χ1) is 11.2. The fraction of sp³-hybridized carbons (Fsp3) is 0.556. The van der Waals surface area contributed by atoms with Crippen molar-refractivity contribution in [3.8, 4) is 5.75 Å². The molecule has 1 aromatic carbocycles. The third-order valence-corrected chi connectivity index (χ3v) is 4.21. The quantitative estimate of drug-likeness (QED) is 0.721. The smallest absolute Gasteiger partial charge is 0.220 e. The molecule has 1 atom stereocenters. The molecule has 126 valence electrons. The second-order valence-corrected chi connectivity index (χ2v) is 6.02. The van der Waals surface area contributed by atoms with Gasteiger partial charge in [-0.25, -0.2) is 0 Å². The molecule has 1 fully saturated rings. The highest BCUT2D eigenvalue weighted by Crippen LogP contribution is 2.14. The molecule has 0 radical (unpaired) electrons. The zero-order chi connectivity index (χ0) is 16.5. The van der Waals surface area contributed by atoms with Gasteiger partial charge in [-0.2, -0.15) is 0 Å². The monoisotopic (exact) mass is 318 g/mol. The number of Topliss-reactive ketones (excluding diaryl/α,β-unsaturated/α-hetero) is 1. The summed E-state index contributed by atoms with van der Waals surface area (Å²) in [5.74, 6) is 1.38. The van der Waals surface area contributed by atoms with Gasteiger partial charge >= 0.3 is 0 Å². The number of ketones is 1. The molecule has 5 heteroatoms. The number of piperidine rings is 1. The third-order valence-electron chi connectivity index (χ3n) is 4.21. The molecule has 5 nitrogen and oxygen atoms in total. The van der Waals surface area contributed by atoms with E-state index in [9.17, 15) is 9.59 Å². The predicted molar refractivity (Wildman–Crippen MR) is 89.8 cm³/mol. The minimum atomic E-state index is 0.0399. The number of rotatable bonds is 8. The number of hydrogen-bond acceptors (Lipinski definition) is 4. The second-order valence-electron chi connectivity index (χ2n) is 6.02. The number of benzene rings is 1. The first-order valence-corrected chi connectivity index (χ1v) is 8.33. The summed E-state index contributed by atoms with van der Waals surface area (Å²) in [6.07, 6.45) is 3.73. The summed E-state index contributed by atoms with van der Waals surface area (Å²) < 4.78 is 5.07. The highest BCUT2D eigenvalue weighted by Gasteiger charge is 2.14. The van der Waals surface area contributed by atoms with Crippen LogP contribution in [0.25, 0.3) is 0 Å². The minimum absolute atomic E-state index is 0.0399. The molecule has 0 bridgehead atoms. The van der Waals surface area contributed by atoms with Crippen molar-refractivity contribution >= 4 is 11.7 Å². The normalized spacial score (nSPS) is 17.5. The molecule has 23 heavy (non-hydrogen) atoms. The summed E-state index contributed by atoms with van der Waals surface area (Å²) in [6.45, 7) is 2.80. The van der Waals surface area contributed by atoms with E-state index in [1.165, 1.54) is 12.8 Å². The lowest BCUT2D eigenvalue weighted by molar-refractivity contribution is -0.121. The van der Waals surface area contributed by atoms with Crippen LogP contribution in [0, 0.1) is 5.92 Å². The van der Waals surface area contributed by atoms with E-state index in [0.29, 0.717) is 30.7 Å². The SMILES string of the molecule is COc1ccc(C(=O)CCCC(=O)NCC2CCCNC2)cc1. The number of carbonyl (C=O) groups is 2. The largest absolute Gasteiger partial charge is 0.497 e. The van der Waals surface area contributed by atoms with Crippen molar-refractivity contribution in [3.05, 3.63) is 29.8 Å². The fourth-order valence-corrected chi connectivity index (χ4v) is 2.78. The van der Waals surface area contributed by atoms with Gasteiger partial charge in [-0.15, -0.1) is 0 Å². The second kappa shape index (κ2) is 9.30. The number of carbonyl (C=O) groups excluding carboxylic acids is 2. The number of methoxy groups -OCH3 is 1. The molecule has 0 spiro atoms. The fourth-order valence-electron chi connectivity index (χ4n) is 2.78. The maximum absolute atomic E-state index is 12.1. The summed E-state index contributed by atoms with van der Waals surface area (Å²) in [6, 6.07) is 7.07. The summed E-state index contributed by atoms with van der Waals surface area (Å²) in [4.78, 5) is 23.9. The lowest BCUT2D eigenvalue weighted by atomic mass is 9.99. The van der Waals surface area contributed by atoms with Gasteiger partial charge in [0.15, 0.2) is 5.78 Å². The summed E-state index contributed by atoms with van der Waals surface area (Å²) in [5.41, 5.74) is 0.666. The van der Waals surface area contributed by atoms with Gasteiger partial charge in [0.05, 0.1) is 7.11 Å². The zero-order valence-electron chi connectivity index (χ0n) is 13.8. The Labute approximate surface area is 137 Å². The molecule has 1 aliphatic rings. The number of ether oxygens (including phenoxy) is 1. The van der Waals surface area contributed by atoms with Crippen molar-refractivity contribution in [1.82, 2.24) is 10.6 Å². The van der Waals surface area contributed by atoms with E-state index in [1.807, 2.05) is 0 Å². The maximum Gasteiger partial charge on any atom is 0.220 e. The van der Waals surface area contributed by atoms with Crippen LogP contribution < -0.4 is 15.4 Å². The Balaban J connectivity index is 1.63. The third kappa shape index (κ3) is 6.02. The zero-order valence-corrected chi connectivity index (χ0v) is 13.8. The highest BCUT2D eigenvalue weighted by molar-refractivity contribution is 5.96. The number of amides is 1. The molecule has 1 unspecified atom stereocenters. The Kier molecular flexibility index (Phi) is 7.07. The Morgan fingerprint density at radius 3 is 2.70 bits per heavy atom. The molecule has 1 heterocycles. The van der Waals surface area contributed by atoms with E-state index in [-0.39, 0.29) is 11.7 Å². The van der Waals surface area contributed by atoms with Crippen molar-refractivity contribution in [2.24, 2.45) is 5.92 Å². The first-order valence-electron chi connectivity index (χ1n) is 8.33. The van der Waals surface area contributed by atoms with E-state index in [4.69, 9.17) is 4.74 Å². The van der Waals surface area contributed by atoms with Gasteiger partial charge < -0.3 is 15.4 Å². The van der Waals surface area contributed by atoms with Gasteiger partial charge in [0.2, 0.25) is 5.91 Å². The minimum Gasteiger partial charge on any atom is -0.497 e. The van der Waals surface area contributed by atoms with Crippen LogP contribution in [-0.2, 0) is 4.79 Å². The van der Waals surface area contributed by atoms with Crippen LogP contribution >= 0.6 is 0 Å². The highest BCUT2D eigenvalue weighted by atomic mass is 16.5. The molecule has 2 rings (SSSR count). The van der Waals surface area contributed by atoms with Crippen molar-refractivity contribution < 1.29 is 14.3 Å². The van der Waals surface area contributed by atoms with Crippen LogP contribution in [-0.4, -0.2) is 38.4 Å².